The van der Waals surface area contributed by atoms with Crippen molar-refractivity contribution in [3.63, 3.8) is 0 Å². The first-order valence-corrected chi connectivity index (χ1v) is 6.88. The van der Waals surface area contributed by atoms with Gasteiger partial charge in [-0.3, -0.25) is 4.79 Å². The van der Waals surface area contributed by atoms with Crippen molar-refractivity contribution in [3.8, 4) is 0 Å². The van der Waals surface area contributed by atoms with Gasteiger partial charge in [0.15, 0.2) is 0 Å². The van der Waals surface area contributed by atoms with Crippen LogP contribution in [0.15, 0.2) is 24.3 Å². The van der Waals surface area contributed by atoms with Gasteiger partial charge < -0.3 is 10.1 Å². The highest BCUT2D eigenvalue weighted by Gasteiger charge is 2.44. The summed E-state index contributed by atoms with van der Waals surface area (Å²) in [5.74, 6) is 0.502. The first-order valence-electron chi connectivity index (χ1n) is 6.88. The van der Waals surface area contributed by atoms with E-state index < -0.39 is 0 Å². The molecule has 1 fully saturated rings. The van der Waals surface area contributed by atoms with Crippen LogP contribution >= 0.6 is 0 Å². The molecule has 19 heavy (non-hydrogen) atoms. The standard InChI is InChI=1S/C16H23NO2/c1-16(2,3)19-15(18)14-10-12(14)8-11-6-5-7-13(9-11)17-4/h5-7,9,12,14,17H,8,10H2,1-4H3. The molecule has 2 atom stereocenters. The van der Waals surface area contributed by atoms with E-state index >= 15 is 0 Å². The van der Waals surface area contributed by atoms with E-state index in [0.717, 1.165) is 18.5 Å². The smallest absolute Gasteiger partial charge is 0.309 e. The maximum Gasteiger partial charge on any atom is 0.309 e. The molecule has 0 aliphatic heterocycles. The number of hydrogen-bond acceptors (Lipinski definition) is 3. The largest absolute Gasteiger partial charge is 0.460 e. The molecular formula is C16H23NO2. The Kier molecular flexibility index (Phi) is 3.83. The molecule has 104 valence electrons. The minimum absolute atomic E-state index is 0.0396. The maximum atomic E-state index is 11.9. The van der Waals surface area contributed by atoms with E-state index in [2.05, 4.69) is 17.4 Å². The molecule has 1 N–H and O–H groups in total. The average molecular weight is 261 g/mol. The summed E-state index contributed by atoms with van der Waals surface area (Å²) in [7, 11) is 1.92. The van der Waals surface area contributed by atoms with E-state index in [1.165, 1.54) is 5.56 Å². The Hall–Kier alpha value is -1.51. The van der Waals surface area contributed by atoms with E-state index in [4.69, 9.17) is 4.74 Å². The van der Waals surface area contributed by atoms with E-state index in [1.54, 1.807) is 0 Å². The number of ether oxygens (including phenoxy) is 1. The Labute approximate surface area is 115 Å². The molecule has 0 radical (unpaired) electrons. The van der Waals surface area contributed by atoms with Gasteiger partial charge in [0.2, 0.25) is 0 Å². The third-order valence-electron chi connectivity index (χ3n) is 3.35. The zero-order valence-corrected chi connectivity index (χ0v) is 12.2. The number of esters is 1. The summed E-state index contributed by atoms with van der Waals surface area (Å²) in [6.45, 7) is 5.75. The fourth-order valence-corrected chi connectivity index (χ4v) is 2.30. The molecule has 1 saturated carbocycles. The molecule has 2 rings (SSSR count). The number of nitrogens with one attached hydrogen (secondary N) is 1. The highest BCUT2D eigenvalue weighted by Crippen LogP contribution is 2.42. The van der Waals surface area contributed by atoms with Crippen LogP contribution in [-0.4, -0.2) is 18.6 Å². The summed E-state index contributed by atoms with van der Waals surface area (Å²) >= 11 is 0. The Bertz CT molecular complexity index is 462. The third kappa shape index (κ3) is 3.98. The average Bonchev–Trinajstić information content (AvgIpc) is 3.06. The van der Waals surface area contributed by atoms with E-state index in [9.17, 15) is 4.79 Å². The van der Waals surface area contributed by atoms with Crippen molar-refractivity contribution >= 4 is 11.7 Å². The Morgan fingerprint density at radius 3 is 2.79 bits per heavy atom. The lowest BCUT2D eigenvalue weighted by molar-refractivity contribution is -0.156. The fourth-order valence-electron chi connectivity index (χ4n) is 2.30. The molecule has 1 aliphatic carbocycles. The minimum atomic E-state index is -0.379. The maximum absolute atomic E-state index is 11.9. The number of rotatable bonds is 4. The number of carbonyl (C=O) groups is 1. The predicted molar refractivity (Wildman–Crippen MR) is 77.1 cm³/mol. The molecule has 1 aliphatic rings. The van der Waals surface area contributed by atoms with Crippen LogP contribution in [0, 0.1) is 11.8 Å². The SMILES string of the molecule is CNc1cccc(CC2CC2C(=O)OC(C)(C)C)c1. The molecular weight excluding hydrogens is 238 g/mol. The lowest BCUT2D eigenvalue weighted by Gasteiger charge is -2.19. The summed E-state index contributed by atoms with van der Waals surface area (Å²) in [5, 5.41) is 3.13. The van der Waals surface area contributed by atoms with Crippen LogP contribution < -0.4 is 5.32 Å². The first kappa shape index (κ1) is 13.9. The number of carbonyl (C=O) groups excluding carboxylic acids is 1. The summed E-state index contributed by atoms with van der Waals surface area (Å²) in [6.07, 6.45) is 1.91. The van der Waals surface area contributed by atoms with Crippen LogP contribution in [0.25, 0.3) is 0 Å². The van der Waals surface area contributed by atoms with Gasteiger partial charge in [0, 0.05) is 12.7 Å². The molecule has 0 amide bonds. The second-order valence-corrected chi connectivity index (χ2v) is 6.29. The van der Waals surface area contributed by atoms with Crippen LogP contribution in [0.1, 0.15) is 32.8 Å². The summed E-state index contributed by atoms with van der Waals surface area (Å²) < 4.78 is 5.42. The second kappa shape index (κ2) is 5.24. The van der Waals surface area contributed by atoms with Crippen LogP contribution in [-0.2, 0) is 16.0 Å². The molecule has 2 unspecified atom stereocenters. The molecule has 3 nitrogen and oxygen atoms in total. The normalized spacial score (nSPS) is 21.9. The van der Waals surface area contributed by atoms with Crippen molar-refractivity contribution < 1.29 is 9.53 Å². The molecule has 1 aromatic carbocycles. The van der Waals surface area contributed by atoms with Gasteiger partial charge in [-0.1, -0.05) is 12.1 Å². The van der Waals surface area contributed by atoms with Gasteiger partial charge >= 0.3 is 5.97 Å². The summed E-state index contributed by atoms with van der Waals surface area (Å²) in [6, 6.07) is 8.35. The van der Waals surface area contributed by atoms with E-state index in [-0.39, 0.29) is 17.5 Å². The van der Waals surface area contributed by atoms with Crippen molar-refractivity contribution in [2.45, 2.75) is 39.2 Å². The lowest BCUT2D eigenvalue weighted by Crippen LogP contribution is -2.25. The number of hydrogen-bond donors (Lipinski definition) is 1. The topological polar surface area (TPSA) is 38.3 Å². The lowest BCUT2D eigenvalue weighted by atomic mass is 10.1. The molecule has 0 saturated heterocycles. The van der Waals surface area contributed by atoms with Crippen LogP contribution in [0.5, 0.6) is 0 Å². The Morgan fingerprint density at radius 1 is 1.42 bits per heavy atom. The van der Waals surface area contributed by atoms with Gasteiger partial charge in [0.25, 0.3) is 0 Å². The van der Waals surface area contributed by atoms with E-state index in [0.29, 0.717) is 5.92 Å². The molecule has 0 heterocycles. The van der Waals surface area contributed by atoms with Crippen LogP contribution in [0.4, 0.5) is 5.69 Å². The monoisotopic (exact) mass is 261 g/mol. The van der Waals surface area contributed by atoms with Crippen molar-refractivity contribution in [3.05, 3.63) is 29.8 Å². The highest BCUT2D eigenvalue weighted by molar-refractivity contribution is 5.76. The predicted octanol–water partition coefficient (Wildman–Crippen LogP) is 3.25. The fraction of sp³-hybridized carbons (Fsp3) is 0.562. The number of benzene rings is 1. The van der Waals surface area contributed by atoms with Gasteiger partial charge in [0.05, 0.1) is 5.92 Å². The third-order valence-corrected chi connectivity index (χ3v) is 3.35. The highest BCUT2D eigenvalue weighted by atomic mass is 16.6. The minimum Gasteiger partial charge on any atom is -0.460 e. The Morgan fingerprint density at radius 2 is 2.16 bits per heavy atom. The molecule has 3 heteroatoms. The molecule has 0 bridgehead atoms. The summed E-state index contributed by atoms with van der Waals surface area (Å²) in [4.78, 5) is 11.9. The van der Waals surface area contributed by atoms with Gasteiger partial charge in [-0.05, 0) is 57.2 Å². The van der Waals surface area contributed by atoms with E-state index in [1.807, 2.05) is 40.0 Å². The van der Waals surface area contributed by atoms with Crippen molar-refractivity contribution in [1.29, 1.82) is 0 Å². The van der Waals surface area contributed by atoms with Gasteiger partial charge in [-0.2, -0.15) is 0 Å². The van der Waals surface area contributed by atoms with Crippen LogP contribution in [0.3, 0.4) is 0 Å². The Balaban J connectivity index is 1.88. The zero-order chi connectivity index (χ0) is 14.0. The first-order chi connectivity index (χ1) is 8.89. The summed E-state index contributed by atoms with van der Waals surface area (Å²) in [5.41, 5.74) is 2.02. The molecule has 1 aromatic rings. The van der Waals surface area contributed by atoms with Gasteiger partial charge in [-0.25, -0.2) is 0 Å². The van der Waals surface area contributed by atoms with Crippen molar-refractivity contribution in [2.75, 3.05) is 12.4 Å². The zero-order valence-electron chi connectivity index (χ0n) is 12.2. The molecule has 0 aromatic heterocycles. The quantitative estimate of drug-likeness (QED) is 0.846. The molecule has 0 spiro atoms. The van der Waals surface area contributed by atoms with Crippen molar-refractivity contribution in [2.24, 2.45) is 11.8 Å². The second-order valence-electron chi connectivity index (χ2n) is 6.29. The van der Waals surface area contributed by atoms with Crippen molar-refractivity contribution in [1.82, 2.24) is 0 Å². The van der Waals surface area contributed by atoms with Crippen LogP contribution in [0.2, 0.25) is 0 Å². The van der Waals surface area contributed by atoms with Gasteiger partial charge in [0.1, 0.15) is 5.60 Å². The van der Waals surface area contributed by atoms with Gasteiger partial charge in [-0.15, -0.1) is 0 Å². The number of anilines is 1.